The molecule has 1 unspecified atom stereocenters. The minimum atomic E-state index is -0.273. The Morgan fingerprint density at radius 3 is 2.81 bits per heavy atom. The summed E-state index contributed by atoms with van der Waals surface area (Å²) in [6, 6.07) is 3.37. The van der Waals surface area contributed by atoms with Crippen LogP contribution in [-0.4, -0.2) is 23.3 Å². The van der Waals surface area contributed by atoms with Gasteiger partial charge in [0.2, 0.25) is 5.95 Å². The Morgan fingerprint density at radius 2 is 2.14 bits per heavy atom. The van der Waals surface area contributed by atoms with Crippen molar-refractivity contribution < 1.29 is 9.13 Å². The van der Waals surface area contributed by atoms with E-state index in [1.54, 1.807) is 13.2 Å². The van der Waals surface area contributed by atoms with E-state index < -0.39 is 0 Å². The van der Waals surface area contributed by atoms with Crippen LogP contribution in [0.2, 0.25) is 0 Å². The molecule has 0 fully saturated rings. The van der Waals surface area contributed by atoms with Crippen LogP contribution in [0.3, 0.4) is 0 Å². The van der Waals surface area contributed by atoms with Gasteiger partial charge in [-0.3, -0.25) is 0 Å². The Hall–Kier alpha value is -1.40. The third-order valence-electron chi connectivity index (χ3n) is 3.25. The van der Waals surface area contributed by atoms with Crippen LogP contribution in [0, 0.1) is 19.7 Å². The minimum absolute atomic E-state index is 0.155. The topological polar surface area (TPSA) is 39.1 Å². The lowest BCUT2D eigenvalue weighted by Gasteiger charge is -2.17. The van der Waals surface area contributed by atoms with E-state index in [1.165, 1.54) is 6.07 Å². The zero-order chi connectivity index (χ0) is 15.6. The number of benzene rings is 1. The summed E-state index contributed by atoms with van der Waals surface area (Å²) in [5.74, 6) is 0.448. The van der Waals surface area contributed by atoms with Gasteiger partial charge in [-0.05, 0) is 54.4 Å². The average molecular weight is 356 g/mol. The number of hydrogen-bond acceptors (Lipinski definition) is 3. The number of halogens is 2. The van der Waals surface area contributed by atoms with Gasteiger partial charge in [0.05, 0.1) is 22.8 Å². The molecular formula is C15H19BrFN3O. The molecule has 0 saturated carbocycles. The predicted octanol–water partition coefficient (Wildman–Crippen LogP) is 4.35. The second-order valence-electron chi connectivity index (χ2n) is 5.12. The fourth-order valence-electron chi connectivity index (χ4n) is 2.17. The summed E-state index contributed by atoms with van der Waals surface area (Å²) in [5.41, 5.74) is 2.56. The highest BCUT2D eigenvalue weighted by atomic mass is 79.9. The first-order valence-electron chi connectivity index (χ1n) is 6.69. The van der Waals surface area contributed by atoms with Gasteiger partial charge in [0.15, 0.2) is 0 Å². The van der Waals surface area contributed by atoms with Crippen molar-refractivity contribution in [1.29, 1.82) is 0 Å². The molecule has 0 spiro atoms. The van der Waals surface area contributed by atoms with Crippen LogP contribution in [-0.2, 0) is 4.74 Å². The van der Waals surface area contributed by atoms with Crippen LogP contribution in [0.1, 0.15) is 24.2 Å². The summed E-state index contributed by atoms with van der Waals surface area (Å²) in [6.07, 6.45) is 1.97. The van der Waals surface area contributed by atoms with Gasteiger partial charge in [-0.2, -0.15) is 0 Å². The molecule has 1 heterocycles. The lowest BCUT2D eigenvalue weighted by atomic mass is 10.2. The van der Waals surface area contributed by atoms with E-state index in [0.717, 1.165) is 22.9 Å². The highest BCUT2D eigenvalue weighted by molar-refractivity contribution is 9.10. The van der Waals surface area contributed by atoms with Crippen molar-refractivity contribution in [2.75, 3.05) is 19.0 Å². The standard InChI is InChI=1S/C15H19BrFN3O/c1-9-5-13(17)12(16)6-14(9)19-15-18-10(2)7-20(15)11(3)8-21-4/h5-7,11H,8H2,1-4H3,(H,18,19). The Balaban J connectivity index is 2.34. The number of rotatable bonds is 5. The Bertz CT molecular complexity index is 642. The fraction of sp³-hybridized carbons (Fsp3) is 0.400. The molecule has 0 amide bonds. The third kappa shape index (κ3) is 3.63. The molecule has 0 saturated heterocycles. The molecule has 0 aliphatic rings. The molecule has 2 aromatic rings. The van der Waals surface area contributed by atoms with Crippen LogP contribution in [0.4, 0.5) is 16.0 Å². The number of methoxy groups -OCH3 is 1. The molecule has 1 aromatic carbocycles. The highest BCUT2D eigenvalue weighted by Gasteiger charge is 2.14. The zero-order valence-corrected chi connectivity index (χ0v) is 14.2. The number of ether oxygens (including phenoxy) is 1. The van der Waals surface area contributed by atoms with E-state index in [4.69, 9.17) is 4.74 Å². The van der Waals surface area contributed by atoms with Crippen LogP contribution in [0.5, 0.6) is 0 Å². The molecule has 2 rings (SSSR count). The first kappa shape index (κ1) is 16.0. The SMILES string of the molecule is COCC(C)n1cc(C)nc1Nc1cc(Br)c(F)cc1C. The molecule has 6 heteroatoms. The van der Waals surface area contributed by atoms with Crippen molar-refractivity contribution in [3.63, 3.8) is 0 Å². The van der Waals surface area contributed by atoms with E-state index in [1.807, 2.05) is 24.6 Å². The summed E-state index contributed by atoms with van der Waals surface area (Å²) < 4.78 is 21.1. The van der Waals surface area contributed by atoms with Crippen LogP contribution in [0.25, 0.3) is 0 Å². The zero-order valence-electron chi connectivity index (χ0n) is 12.6. The van der Waals surface area contributed by atoms with Gasteiger partial charge >= 0.3 is 0 Å². The first-order chi connectivity index (χ1) is 9.92. The van der Waals surface area contributed by atoms with Gasteiger partial charge in [0.25, 0.3) is 0 Å². The van der Waals surface area contributed by atoms with Gasteiger partial charge in [0, 0.05) is 19.0 Å². The average Bonchev–Trinajstić information content (AvgIpc) is 2.77. The second-order valence-corrected chi connectivity index (χ2v) is 5.98. The Kier molecular flexibility index (Phi) is 5.00. The number of aromatic nitrogens is 2. The monoisotopic (exact) mass is 355 g/mol. The van der Waals surface area contributed by atoms with Crippen molar-refractivity contribution in [2.45, 2.75) is 26.8 Å². The van der Waals surface area contributed by atoms with Gasteiger partial charge in [-0.1, -0.05) is 0 Å². The van der Waals surface area contributed by atoms with Crippen LogP contribution in [0.15, 0.2) is 22.8 Å². The molecule has 1 N–H and O–H groups in total. The van der Waals surface area contributed by atoms with Crippen molar-refractivity contribution in [3.05, 3.63) is 39.9 Å². The molecule has 21 heavy (non-hydrogen) atoms. The van der Waals surface area contributed by atoms with Crippen LogP contribution < -0.4 is 5.32 Å². The van der Waals surface area contributed by atoms with E-state index in [-0.39, 0.29) is 11.9 Å². The first-order valence-corrected chi connectivity index (χ1v) is 7.48. The predicted molar refractivity (Wildman–Crippen MR) is 85.7 cm³/mol. The summed E-state index contributed by atoms with van der Waals surface area (Å²) in [6.45, 7) is 6.45. The summed E-state index contributed by atoms with van der Waals surface area (Å²) in [7, 11) is 1.68. The maximum atomic E-state index is 13.5. The summed E-state index contributed by atoms with van der Waals surface area (Å²) in [5, 5.41) is 3.27. The molecular weight excluding hydrogens is 337 g/mol. The molecule has 1 aromatic heterocycles. The molecule has 1 atom stereocenters. The normalized spacial score (nSPS) is 12.5. The molecule has 0 radical (unpaired) electrons. The maximum absolute atomic E-state index is 13.5. The smallest absolute Gasteiger partial charge is 0.207 e. The Labute approximate surface area is 132 Å². The maximum Gasteiger partial charge on any atom is 0.207 e. The number of aryl methyl sites for hydroxylation is 2. The van der Waals surface area contributed by atoms with Crippen molar-refractivity contribution in [1.82, 2.24) is 9.55 Å². The quantitative estimate of drug-likeness (QED) is 0.866. The highest BCUT2D eigenvalue weighted by Crippen LogP contribution is 2.27. The third-order valence-corrected chi connectivity index (χ3v) is 3.86. The van der Waals surface area contributed by atoms with E-state index >= 15 is 0 Å². The summed E-state index contributed by atoms with van der Waals surface area (Å²) >= 11 is 3.21. The largest absolute Gasteiger partial charge is 0.383 e. The van der Waals surface area contributed by atoms with Gasteiger partial charge in [-0.25, -0.2) is 9.37 Å². The van der Waals surface area contributed by atoms with E-state index in [9.17, 15) is 4.39 Å². The van der Waals surface area contributed by atoms with Gasteiger partial charge < -0.3 is 14.6 Å². The van der Waals surface area contributed by atoms with Crippen molar-refractivity contribution >= 4 is 27.6 Å². The van der Waals surface area contributed by atoms with Crippen LogP contribution >= 0.6 is 15.9 Å². The minimum Gasteiger partial charge on any atom is -0.383 e. The van der Waals surface area contributed by atoms with E-state index in [0.29, 0.717) is 11.1 Å². The van der Waals surface area contributed by atoms with Gasteiger partial charge in [0.1, 0.15) is 5.82 Å². The molecule has 0 bridgehead atoms. The summed E-state index contributed by atoms with van der Waals surface area (Å²) in [4.78, 5) is 4.49. The van der Waals surface area contributed by atoms with Gasteiger partial charge in [-0.15, -0.1) is 0 Å². The lowest BCUT2D eigenvalue weighted by molar-refractivity contribution is 0.163. The molecule has 0 aliphatic heterocycles. The number of nitrogens with zero attached hydrogens (tertiary/aromatic N) is 2. The number of nitrogens with one attached hydrogen (secondary N) is 1. The molecule has 4 nitrogen and oxygen atoms in total. The number of hydrogen-bond donors (Lipinski definition) is 1. The lowest BCUT2D eigenvalue weighted by Crippen LogP contribution is -2.13. The second kappa shape index (κ2) is 6.58. The fourth-order valence-corrected chi connectivity index (χ4v) is 2.51. The molecule has 114 valence electrons. The number of anilines is 2. The van der Waals surface area contributed by atoms with E-state index in [2.05, 4.69) is 33.2 Å². The van der Waals surface area contributed by atoms with Crippen molar-refractivity contribution in [2.24, 2.45) is 0 Å². The Morgan fingerprint density at radius 1 is 1.43 bits per heavy atom. The number of imidazole rings is 1. The molecule has 0 aliphatic carbocycles. The van der Waals surface area contributed by atoms with Crippen molar-refractivity contribution in [3.8, 4) is 0 Å².